The van der Waals surface area contributed by atoms with Crippen molar-refractivity contribution in [3.05, 3.63) is 29.8 Å². The molecule has 2 rings (SSSR count). The van der Waals surface area contributed by atoms with Crippen LogP contribution in [0.4, 0.5) is 18.9 Å². The number of alkyl halides is 3. The minimum atomic E-state index is -4.27. The van der Waals surface area contributed by atoms with Gasteiger partial charge in [0.05, 0.1) is 5.56 Å². The van der Waals surface area contributed by atoms with Gasteiger partial charge in [0.15, 0.2) is 0 Å². The second-order valence-electron chi connectivity index (χ2n) is 4.67. The fraction of sp³-hybridized carbons (Fsp3) is 0.538. The molecule has 1 unspecified atom stereocenters. The zero-order valence-electron chi connectivity index (χ0n) is 10.1. The van der Waals surface area contributed by atoms with Crippen LogP contribution in [0.2, 0.25) is 0 Å². The average molecular weight is 258 g/mol. The minimum absolute atomic E-state index is 0.494. The lowest BCUT2D eigenvalue weighted by molar-refractivity contribution is -0.137. The van der Waals surface area contributed by atoms with Crippen molar-refractivity contribution in [2.75, 3.05) is 25.0 Å². The second-order valence-corrected chi connectivity index (χ2v) is 4.67. The Hall–Kier alpha value is -1.23. The predicted molar refractivity (Wildman–Crippen MR) is 65.5 cm³/mol. The Bertz CT molecular complexity index is 384. The lowest BCUT2D eigenvalue weighted by atomic mass is 9.99. The molecule has 0 spiro atoms. The molecule has 1 aliphatic rings. The van der Waals surface area contributed by atoms with Crippen molar-refractivity contribution < 1.29 is 13.2 Å². The van der Waals surface area contributed by atoms with Crippen LogP contribution in [0.25, 0.3) is 0 Å². The quantitative estimate of drug-likeness (QED) is 0.870. The fourth-order valence-corrected chi connectivity index (χ4v) is 2.17. The van der Waals surface area contributed by atoms with Gasteiger partial charge in [-0.3, -0.25) is 0 Å². The standard InChI is InChI=1S/C13H17F3N2/c14-13(15,16)11-4-1-5-12(7-11)18-9-10-3-2-6-17-8-10/h1,4-5,7,10,17-18H,2-3,6,8-9H2. The van der Waals surface area contributed by atoms with Gasteiger partial charge in [0.2, 0.25) is 0 Å². The summed E-state index contributed by atoms with van der Waals surface area (Å²) in [6.07, 6.45) is -2.02. The molecule has 18 heavy (non-hydrogen) atoms. The first-order valence-corrected chi connectivity index (χ1v) is 6.17. The molecular formula is C13H17F3N2. The number of halogens is 3. The normalized spacial score (nSPS) is 20.7. The molecular weight excluding hydrogens is 241 g/mol. The molecule has 0 radical (unpaired) electrons. The molecule has 1 heterocycles. The van der Waals surface area contributed by atoms with E-state index >= 15 is 0 Å². The summed E-state index contributed by atoms with van der Waals surface area (Å²) in [5.74, 6) is 0.494. The predicted octanol–water partition coefficient (Wildman–Crippen LogP) is 3.12. The molecule has 5 heteroatoms. The molecule has 1 saturated heterocycles. The van der Waals surface area contributed by atoms with Crippen LogP contribution in [0, 0.1) is 5.92 Å². The van der Waals surface area contributed by atoms with E-state index in [4.69, 9.17) is 0 Å². The molecule has 0 aromatic heterocycles. The van der Waals surface area contributed by atoms with Gasteiger partial charge in [-0.1, -0.05) is 6.07 Å². The average Bonchev–Trinajstić information content (AvgIpc) is 2.37. The van der Waals surface area contributed by atoms with E-state index in [0.717, 1.165) is 38.1 Å². The van der Waals surface area contributed by atoms with E-state index in [1.807, 2.05) is 0 Å². The van der Waals surface area contributed by atoms with E-state index < -0.39 is 11.7 Å². The Balaban J connectivity index is 1.92. The third kappa shape index (κ3) is 3.63. The van der Waals surface area contributed by atoms with E-state index in [0.29, 0.717) is 18.2 Å². The van der Waals surface area contributed by atoms with E-state index in [1.54, 1.807) is 6.07 Å². The first-order chi connectivity index (χ1) is 8.55. The van der Waals surface area contributed by atoms with Crippen molar-refractivity contribution in [3.8, 4) is 0 Å². The minimum Gasteiger partial charge on any atom is -0.385 e. The highest BCUT2D eigenvalue weighted by Gasteiger charge is 2.30. The monoisotopic (exact) mass is 258 g/mol. The van der Waals surface area contributed by atoms with Crippen molar-refractivity contribution in [2.45, 2.75) is 19.0 Å². The molecule has 0 saturated carbocycles. The van der Waals surface area contributed by atoms with Gasteiger partial charge in [-0.25, -0.2) is 0 Å². The van der Waals surface area contributed by atoms with Gasteiger partial charge < -0.3 is 10.6 Å². The van der Waals surface area contributed by atoms with Crippen LogP contribution in [-0.2, 0) is 6.18 Å². The lowest BCUT2D eigenvalue weighted by Crippen LogP contribution is -2.33. The van der Waals surface area contributed by atoms with E-state index in [9.17, 15) is 13.2 Å². The molecule has 1 aliphatic heterocycles. The highest BCUT2D eigenvalue weighted by Crippen LogP contribution is 2.30. The van der Waals surface area contributed by atoms with Crippen LogP contribution in [-0.4, -0.2) is 19.6 Å². The molecule has 1 fully saturated rings. The molecule has 0 aliphatic carbocycles. The van der Waals surface area contributed by atoms with Crippen molar-refractivity contribution in [1.29, 1.82) is 0 Å². The Labute approximate surface area is 105 Å². The molecule has 0 bridgehead atoms. The number of anilines is 1. The largest absolute Gasteiger partial charge is 0.416 e. The summed E-state index contributed by atoms with van der Waals surface area (Å²) in [6, 6.07) is 5.36. The summed E-state index contributed by atoms with van der Waals surface area (Å²) in [4.78, 5) is 0. The summed E-state index contributed by atoms with van der Waals surface area (Å²) in [7, 11) is 0. The number of benzene rings is 1. The third-order valence-electron chi connectivity index (χ3n) is 3.18. The van der Waals surface area contributed by atoms with Gasteiger partial charge in [0.1, 0.15) is 0 Å². The van der Waals surface area contributed by atoms with Gasteiger partial charge in [-0.15, -0.1) is 0 Å². The number of hydrogen-bond donors (Lipinski definition) is 2. The SMILES string of the molecule is FC(F)(F)c1cccc(NCC2CCCNC2)c1. The summed E-state index contributed by atoms with van der Waals surface area (Å²) in [5, 5.41) is 6.37. The van der Waals surface area contributed by atoms with E-state index in [-0.39, 0.29) is 0 Å². The Morgan fingerprint density at radius 1 is 1.33 bits per heavy atom. The summed E-state index contributed by atoms with van der Waals surface area (Å²) < 4.78 is 37.6. The Morgan fingerprint density at radius 2 is 2.17 bits per heavy atom. The lowest BCUT2D eigenvalue weighted by Gasteiger charge is -2.23. The maximum atomic E-state index is 12.5. The number of rotatable bonds is 3. The second kappa shape index (κ2) is 5.61. The maximum absolute atomic E-state index is 12.5. The topological polar surface area (TPSA) is 24.1 Å². The van der Waals surface area contributed by atoms with Crippen LogP contribution in [0.1, 0.15) is 18.4 Å². The number of piperidine rings is 1. The molecule has 100 valence electrons. The summed E-state index contributed by atoms with van der Waals surface area (Å²) >= 11 is 0. The zero-order chi connectivity index (χ0) is 13.0. The van der Waals surface area contributed by atoms with Crippen LogP contribution in [0.15, 0.2) is 24.3 Å². The number of nitrogens with one attached hydrogen (secondary N) is 2. The highest BCUT2D eigenvalue weighted by molar-refractivity contribution is 5.46. The van der Waals surface area contributed by atoms with Crippen LogP contribution in [0.3, 0.4) is 0 Å². The number of hydrogen-bond acceptors (Lipinski definition) is 2. The molecule has 1 aromatic carbocycles. The fourth-order valence-electron chi connectivity index (χ4n) is 2.17. The first kappa shape index (κ1) is 13.2. The van der Waals surface area contributed by atoms with Crippen LogP contribution < -0.4 is 10.6 Å². The van der Waals surface area contributed by atoms with Gasteiger partial charge in [0, 0.05) is 12.2 Å². The molecule has 2 N–H and O–H groups in total. The summed E-state index contributed by atoms with van der Waals surface area (Å²) in [6.45, 7) is 2.69. The Kier molecular flexibility index (Phi) is 4.11. The van der Waals surface area contributed by atoms with Crippen LogP contribution >= 0.6 is 0 Å². The van der Waals surface area contributed by atoms with Crippen molar-refractivity contribution >= 4 is 5.69 Å². The molecule has 2 nitrogen and oxygen atoms in total. The van der Waals surface area contributed by atoms with Crippen molar-refractivity contribution in [1.82, 2.24) is 5.32 Å². The van der Waals surface area contributed by atoms with E-state index in [2.05, 4.69) is 10.6 Å². The smallest absolute Gasteiger partial charge is 0.385 e. The Morgan fingerprint density at radius 3 is 2.83 bits per heavy atom. The van der Waals surface area contributed by atoms with Crippen molar-refractivity contribution in [3.63, 3.8) is 0 Å². The van der Waals surface area contributed by atoms with Gasteiger partial charge in [0.25, 0.3) is 0 Å². The van der Waals surface area contributed by atoms with Gasteiger partial charge in [-0.2, -0.15) is 13.2 Å². The van der Waals surface area contributed by atoms with Gasteiger partial charge >= 0.3 is 6.18 Å². The van der Waals surface area contributed by atoms with Crippen molar-refractivity contribution in [2.24, 2.45) is 5.92 Å². The highest BCUT2D eigenvalue weighted by atomic mass is 19.4. The molecule has 1 aromatic rings. The zero-order valence-corrected chi connectivity index (χ0v) is 10.1. The molecule has 0 amide bonds. The summed E-state index contributed by atoms with van der Waals surface area (Å²) in [5.41, 5.74) is -0.0651. The molecule has 1 atom stereocenters. The van der Waals surface area contributed by atoms with E-state index in [1.165, 1.54) is 6.07 Å². The van der Waals surface area contributed by atoms with Crippen LogP contribution in [0.5, 0.6) is 0 Å². The first-order valence-electron chi connectivity index (χ1n) is 6.17. The van der Waals surface area contributed by atoms with Gasteiger partial charge in [-0.05, 0) is 50.0 Å². The third-order valence-corrected chi connectivity index (χ3v) is 3.18. The maximum Gasteiger partial charge on any atom is 0.416 e.